The van der Waals surface area contributed by atoms with Crippen LogP contribution in [0.15, 0.2) is 42.5 Å². The first kappa shape index (κ1) is 12.1. The van der Waals surface area contributed by atoms with E-state index in [1.807, 2.05) is 0 Å². The number of ether oxygens (including phenoxy) is 1. The Bertz CT molecular complexity index is 576. The van der Waals surface area contributed by atoms with E-state index in [9.17, 15) is 9.18 Å². The Morgan fingerprint density at radius 1 is 1.17 bits per heavy atom. The molecule has 0 heterocycles. The molecule has 18 heavy (non-hydrogen) atoms. The predicted octanol–water partition coefficient (Wildman–Crippen LogP) is 3.20. The minimum absolute atomic E-state index is 0.174. The third-order valence-corrected chi connectivity index (χ3v) is 2.62. The van der Waals surface area contributed by atoms with Crippen LogP contribution in [-0.4, -0.2) is 18.2 Å². The molecule has 0 spiro atoms. The Kier molecular flexibility index (Phi) is 3.28. The maximum absolute atomic E-state index is 13.8. The summed E-state index contributed by atoms with van der Waals surface area (Å²) < 4.78 is 18.7. The smallest absolute Gasteiger partial charge is 0.335 e. The van der Waals surface area contributed by atoms with E-state index in [1.165, 1.54) is 25.3 Å². The van der Waals surface area contributed by atoms with Gasteiger partial charge in [0, 0.05) is 11.6 Å². The summed E-state index contributed by atoms with van der Waals surface area (Å²) in [5.41, 5.74) is 1.21. The van der Waals surface area contributed by atoms with Crippen LogP contribution in [0.1, 0.15) is 10.4 Å². The molecule has 3 nitrogen and oxygen atoms in total. The summed E-state index contributed by atoms with van der Waals surface area (Å²) in [6.07, 6.45) is 0. The normalized spacial score (nSPS) is 10.1. The molecule has 0 unspecified atom stereocenters. The van der Waals surface area contributed by atoms with Gasteiger partial charge in [0.2, 0.25) is 0 Å². The lowest BCUT2D eigenvalue weighted by Crippen LogP contribution is -1.95. The van der Waals surface area contributed by atoms with Crippen LogP contribution < -0.4 is 4.74 Å². The third kappa shape index (κ3) is 2.32. The van der Waals surface area contributed by atoms with Gasteiger partial charge in [-0.3, -0.25) is 0 Å². The second-order valence-corrected chi connectivity index (χ2v) is 3.73. The lowest BCUT2D eigenvalue weighted by Gasteiger charge is -2.06. The van der Waals surface area contributed by atoms with Crippen molar-refractivity contribution in [2.24, 2.45) is 0 Å². The van der Waals surface area contributed by atoms with E-state index >= 15 is 0 Å². The van der Waals surface area contributed by atoms with Gasteiger partial charge in [0.25, 0.3) is 0 Å². The Balaban J connectivity index is 2.39. The van der Waals surface area contributed by atoms with Gasteiger partial charge in [0.1, 0.15) is 11.6 Å². The van der Waals surface area contributed by atoms with Gasteiger partial charge < -0.3 is 9.84 Å². The highest BCUT2D eigenvalue weighted by Crippen LogP contribution is 2.26. The maximum atomic E-state index is 13.8. The Hall–Kier alpha value is -2.36. The number of carboxylic acid groups (broad SMARTS) is 1. The van der Waals surface area contributed by atoms with Crippen molar-refractivity contribution in [2.75, 3.05) is 7.11 Å². The molecule has 2 aromatic rings. The zero-order valence-electron chi connectivity index (χ0n) is 9.68. The molecule has 0 saturated carbocycles. The second kappa shape index (κ2) is 4.87. The van der Waals surface area contributed by atoms with E-state index < -0.39 is 11.8 Å². The minimum atomic E-state index is -1.00. The van der Waals surface area contributed by atoms with Crippen LogP contribution in [0.4, 0.5) is 4.39 Å². The molecule has 0 saturated heterocycles. The predicted molar refractivity (Wildman–Crippen MR) is 65.3 cm³/mol. The quantitative estimate of drug-likeness (QED) is 0.904. The van der Waals surface area contributed by atoms with Crippen molar-refractivity contribution in [2.45, 2.75) is 0 Å². The average Bonchev–Trinajstić information content (AvgIpc) is 2.38. The van der Waals surface area contributed by atoms with Crippen molar-refractivity contribution >= 4 is 5.97 Å². The van der Waals surface area contributed by atoms with Gasteiger partial charge in [-0.05, 0) is 29.8 Å². The average molecular weight is 246 g/mol. The molecule has 0 fully saturated rings. The summed E-state index contributed by atoms with van der Waals surface area (Å²) in [7, 11) is 1.47. The van der Waals surface area contributed by atoms with Crippen LogP contribution in [0.3, 0.4) is 0 Å². The van der Waals surface area contributed by atoms with Gasteiger partial charge in [0.05, 0.1) is 12.7 Å². The first-order chi connectivity index (χ1) is 8.61. The zero-order valence-corrected chi connectivity index (χ0v) is 9.68. The zero-order chi connectivity index (χ0) is 13.1. The van der Waals surface area contributed by atoms with Crippen molar-refractivity contribution in [3.63, 3.8) is 0 Å². The minimum Gasteiger partial charge on any atom is -0.497 e. The summed E-state index contributed by atoms with van der Waals surface area (Å²) in [5, 5.41) is 8.78. The van der Waals surface area contributed by atoms with Crippen LogP contribution >= 0.6 is 0 Å². The van der Waals surface area contributed by atoms with E-state index in [1.54, 1.807) is 24.3 Å². The summed E-state index contributed by atoms with van der Waals surface area (Å²) in [4.78, 5) is 10.7. The van der Waals surface area contributed by atoms with Gasteiger partial charge in [-0.25, -0.2) is 9.18 Å². The van der Waals surface area contributed by atoms with E-state index in [-0.39, 0.29) is 5.56 Å². The molecule has 92 valence electrons. The summed E-state index contributed by atoms with van der Waals surface area (Å²) >= 11 is 0. The third-order valence-electron chi connectivity index (χ3n) is 2.62. The maximum Gasteiger partial charge on any atom is 0.335 e. The fourth-order valence-corrected chi connectivity index (χ4v) is 1.65. The number of carbonyl (C=O) groups is 1. The molecular formula is C14H11FO3. The first-order valence-corrected chi connectivity index (χ1v) is 5.29. The molecule has 0 bridgehead atoms. The molecule has 0 aliphatic carbocycles. The summed E-state index contributed by atoms with van der Waals surface area (Å²) in [6, 6.07) is 10.6. The van der Waals surface area contributed by atoms with Gasteiger partial charge >= 0.3 is 5.97 Å². The van der Waals surface area contributed by atoms with Gasteiger partial charge in [-0.1, -0.05) is 12.1 Å². The molecule has 0 aromatic heterocycles. The van der Waals surface area contributed by atoms with E-state index in [4.69, 9.17) is 9.84 Å². The number of hydrogen-bond donors (Lipinski definition) is 1. The Morgan fingerprint density at radius 2 is 1.83 bits per heavy atom. The fraction of sp³-hybridized carbons (Fsp3) is 0.0714. The second-order valence-electron chi connectivity index (χ2n) is 3.73. The van der Waals surface area contributed by atoms with Crippen molar-refractivity contribution in [3.05, 3.63) is 53.8 Å². The monoisotopic (exact) mass is 246 g/mol. The van der Waals surface area contributed by atoms with Gasteiger partial charge in [0.15, 0.2) is 0 Å². The molecule has 1 N–H and O–H groups in total. The number of carboxylic acids is 1. The van der Waals surface area contributed by atoms with E-state index in [0.717, 1.165) is 0 Å². The van der Waals surface area contributed by atoms with Crippen molar-refractivity contribution in [1.29, 1.82) is 0 Å². The molecule has 0 atom stereocenters. The van der Waals surface area contributed by atoms with Crippen LogP contribution in [0.5, 0.6) is 5.75 Å². The molecule has 0 aliphatic rings. The Morgan fingerprint density at radius 3 is 2.33 bits per heavy atom. The largest absolute Gasteiger partial charge is 0.497 e. The molecule has 0 amide bonds. The summed E-state index contributed by atoms with van der Waals surface area (Å²) in [5.74, 6) is -0.965. The highest BCUT2D eigenvalue weighted by atomic mass is 19.1. The standard InChI is InChI=1S/C14H11FO3/c1-18-11-6-7-12(13(15)8-11)9-2-4-10(5-3-9)14(16)17/h2-8H,1H3,(H,16,17). The van der Waals surface area contributed by atoms with Crippen molar-refractivity contribution in [3.8, 4) is 16.9 Å². The molecular weight excluding hydrogens is 235 g/mol. The van der Waals surface area contributed by atoms with E-state index in [0.29, 0.717) is 16.9 Å². The van der Waals surface area contributed by atoms with Gasteiger partial charge in [-0.2, -0.15) is 0 Å². The van der Waals surface area contributed by atoms with Crippen molar-refractivity contribution in [1.82, 2.24) is 0 Å². The molecule has 2 rings (SSSR count). The van der Waals surface area contributed by atoms with E-state index in [2.05, 4.69) is 0 Å². The van der Waals surface area contributed by atoms with Crippen LogP contribution in [0.2, 0.25) is 0 Å². The van der Waals surface area contributed by atoms with Crippen LogP contribution in [0, 0.1) is 5.82 Å². The molecule has 0 aliphatic heterocycles. The molecule has 0 radical (unpaired) electrons. The van der Waals surface area contributed by atoms with Crippen LogP contribution in [-0.2, 0) is 0 Å². The Labute approximate surface area is 103 Å². The number of hydrogen-bond acceptors (Lipinski definition) is 2. The SMILES string of the molecule is COc1ccc(-c2ccc(C(=O)O)cc2)c(F)c1. The number of methoxy groups -OCH3 is 1. The molecule has 2 aromatic carbocycles. The highest BCUT2D eigenvalue weighted by Gasteiger charge is 2.08. The highest BCUT2D eigenvalue weighted by molar-refractivity contribution is 5.88. The van der Waals surface area contributed by atoms with Crippen molar-refractivity contribution < 1.29 is 19.0 Å². The summed E-state index contributed by atoms with van der Waals surface area (Å²) in [6.45, 7) is 0. The first-order valence-electron chi connectivity index (χ1n) is 5.29. The number of aromatic carboxylic acids is 1. The number of benzene rings is 2. The number of halogens is 1. The number of rotatable bonds is 3. The van der Waals surface area contributed by atoms with Gasteiger partial charge in [-0.15, -0.1) is 0 Å². The van der Waals surface area contributed by atoms with Crippen LogP contribution in [0.25, 0.3) is 11.1 Å². The lowest BCUT2D eigenvalue weighted by molar-refractivity contribution is 0.0697. The topological polar surface area (TPSA) is 46.5 Å². The fourth-order valence-electron chi connectivity index (χ4n) is 1.65. The lowest BCUT2D eigenvalue weighted by atomic mass is 10.0. The molecule has 4 heteroatoms.